The molecule has 2 fully saturated rings. The highest BCUT2D eigenvalue weighted by molar-refractivity contribution is 5.14. The minimum atomic E-state index is -0.0438. The number of nitrogens with zero attached hydrogens (tertiary/aromatic N) is 2. The highest BCUT2D eigenvalue weighted by Gasteiger charge is 2.23. The second-order valence-corrected chi connectivity index (χ2v) is 7.41. The molecule has 23 heavy (non-hydrogen) atoms. The predicted molar refractivity (Wildman–Crippen MR) is 95.6 cm³/mol. The van der Waals surface area contributed by atoms with E-state index in [1.165, 1.54) is 57.4 Å². The van der Waals surface area contributed by atoms with Gasteiger partial charge in [0.05, 0.1) is 6.10 Å². The van der Waals surface area contributed by atoms with Crippen LogP contribution in [0.2, 0.25) is 0 Å². The third-order valence-electron chi connectivity index (χ3n) is 5.56. The monoisotopic (exact) mass is 316 g/mol. The molecule has 0 bridgehead atoms. The van der Waals surface area contributed by atoms with E-state index in [4.69, 9.17) is 0 Å². The van der Waals surface area contributed by atoms with Crippen LogP contribution in [0.1, 0.15) is 37.7 Å². The van der Waals surface area contributed by atoms with Crippen molar-refractivity contribution in [3.05, 3.63) is 35.9 Å². The van der Waals surface area contributed by atoms with Crippen molar-refractivity contribution in [2.24, 2.45) is 5.92 Å². The van der Waals surface area contributed by atoms with E-state index >= 15 is 0 Å². The minimum Gasteiger partial charge on any atom is -0.393 e. The molecule has 1 aromatic rings. The molecule has 0 saturated carbocycles. The number of piperidine rings is 2. The van der Waals surface area contributed by atoms with E-state index in [0.717, 1.165) is 31.8 Å². The van der Waals surface area contributed by atoms with E-state index in [-0.39, 0.29) is 6.10 Å². The quantitative estimate of drug-likeness (QED) is 0.874. The molecule has 3 heteroatoms. The summed E-state index contributed by atoms with van der Waals surface area (Å²) >= 11 is 0. The summed E-state index contributed by atoms with van der Waals surface area (Å²) in [4.78, 5) is 5.22. The van der Waals surface area contributed by atoms with E-state index < -0.39 is 0 Å². The molecule has 2 aliphatic rings. The van der Waals surface area contributed by atoms with Gasteiger partial charge in [-0.3, -0.25) is 0 Å². The largest absolute Gasteiger partial charge is 0.393 e. The van der Waals surface area contributed by atoms with Crippen molar-refractivity contribution in [3.8, 4) is 0 Å². The van der Waals surface area contributed by atoms with E-state index in [9.17, 15) is 5.11 Å². The number of hydrogen-bond acceptors (Lipinski definition) is 3. The maximum atomic E-state index is 9.60. The highest BCUT2D eigenvalue weighted by atomic mass is 16.3. The molecule has 1 N–H and O–H groups in total. The third kappa shape index (κ3) is 5.59. The average molecular weight is 316 g/mol. The predicted octanol–water partition coefficient (Wildman–Crippen LogP) is 2.79. The summed E-state index contributed by atoms with van der Waals surface area (Å²) in [5.41, 5.74) is 1.47. The summed E-state index contributed by atoms with van der Waals surface area (Å²) in [5, 5.41) is 9.60. The molecule has 0 unspecified atom stereocenters. The molecular weight excluding hydrogens is 284 g/mol. The number of aryl methyl sites for hydroxylation is 1. The summed E-state index contributed by atoms with van der Waals surface area (Å²) in [7, 11) is 0. The lowest BCUT2D eigenvalue weighted by Gasteiger charge is -2.37. The van der Waals surface area contributed by atoms with Crippen molar-refractivity contribution >= 4 is 0 Å². The smallest absolute Gasteiger partial charge is 0.0564 e. The second kappa shape index (κ2) is 8.81. The molecule has 1 aromatic carbocycles. The van der Waals surface area contributed by atoms with Crippen LogP contribution in [0, 0.1) is 5.92 Å². The van der Waals surface area contributed by atoms with Gasteiger partial charge in [-0.2, -0.15) is 0 Å². The van der Waals surface area contributed by atoms with Crippen molar-refractivity contribution in [1.82, 2.24) is 9.80 Å². The van der Waals surface area contributed by atoms with E-state index in [1.807, 2.05) is 0 Å². The summed E-state index contributed by atoms with van der Waals surface area (Å²) in [5.74, 6) is 0.871. The first-order valence-electron chi connectivity index (χ1n) is 9.46. The number of likely N-dealkylation sites (tertiary alicyclic amines) is 2. The average Bonchev–Trinajstić information content (AvgIpc) is 2.59. The van der Waals surface area contributed by atoms with E-state index in [2.05, 4.69) is 40.1 Å². The van der Waals surface area contributed by atoms with E-state index in [0.29, 0.717) is 0 Å². The first-order chi connectivity index (χ1) is 11.3. The first kappa shape index (κ1) is 16.9. The molecule has 0 aliphatic carbocycles. The fraction of sp³-hybridized carbons (Fsp3) is 0.700. The fourth-order valence-corrected chi connectivity index (χ4v) is 4.01. The van der Waals surface area contributed by atoms with Crippen molar-refractivity contribution in [2.45, 2.75) is 44.6 Å². The molecule has 128 valence electrons. The standard InChI is InChI=1S/C20H32N2O/c23-20-10-15-22(16-11-20)17-19-8-13-21(14-9-19)12-4-7-18-5-2-1-3-6-18/h1-3,5-6,19-20,23H,4,7-17H2. The number of aliphatic hydroxyl groups is 1. The minimum absolute atomic E-state index is 0.0438. The normalized spacial score (nSPS) is 22.5. The fourth-order valence-electron chi connectivity index (χ4n) is 4.01. The molecule has 3 nitrogen and oxygen atoms in total. The van der Waals surface area contributed by atoms with Gasteiger partial charge >= 0.3 is 0 Å². The van der Waals surface area contributed by atoms with Crippen LogP contribution in [-0.2, 0) is 6.42 Å². The number of rotatable bonds is 6. The molecule has 0 aromatic heterocycles. The van der Waals surface area contributed by atoms with Gasteiger partial charge in [-0.25, -0.2) is 0 Å². The SMILES string of the molecule is OC1CCN(CC2CCN(CCCc3ccccc3)CC2)CC1. The summed E-state index contributed by atoms with van der Waals surface area (Å²) in [6.07, 6.45) is 7.08. The Morgan fingerprint density at radius 1 is 0.870 bits per heavy atom. The Morgan fingerprint density at radius 2 is 1.52 bits per heavy atom. The maximum Gasteiger partial charge on any atom is 0.0564 e. The highest BCUT2D eigenvalue weighted by Crippen LogP contribution is 2.21. The van der Waals surface area contributed by atoms with Gasteiger partial charge in [0.1, 0.15) is 0 Å². The topological polar surface area (TPSA) is 26.7 Å². The summed E-state index contributed by atoms with van der Waals surface area (Å²) in [6.45, 7) is 7.24. The Bertz CT molecular complexity index is 434. The van der Waals surface area contributed by atoms with Crippen LogP contribution >= 0.6 is 0 Å². The molecule has 3 rings (SSSR count). The summed E-state index contributed by atoms with van der Waals surface area (Å²) in [6, 6.07) is 10.8. The molecule has 2 heterocycles. The molecule has 0 spiro atoms. The molecule has 0 radical (unpaired) electrons. The lowest BCUT2D eigenvalue weighted by molar-refractivity contribution is 0.0650. The van der Waals surface area contributed by atoms with Crippen LogP contribution in [0.15, 0.2) is 30.3 Å². The molecular formula is C20H32N2O. The second-order valence-electron chi connectivity index (χ2n) is 7.41. The van der Waals surface area contributed by atoms with Crippen LogP contribution < -0.4 is 0 Å². The maximum absolute atomic E-state index is 9.60. The zero-order valence-electron chi connectivity index (χ0n) is 14.4. The first-order valence-corrected chi connectivity index (χ1v) is 9.46. The van der Waals surface area contributed by atoms with Gasteiger partial charge in [0.2, 0.25) is 0 Å². The Hall–Kier alpha value is -0.900. The Kier molecular flexibility index (Phi) is 6.49. The van der Waals surface area contributed by atoms with Crippen LogP contribution in [0.3, 0.4) is 0 Å². The Labute approximate surface area is 141 Å². The van der Waals surface area contributed by atoms with Crippen LogP contribution in [0.25, 0.3) is 0 Å². The van der Waals surface area contributed by atoms with Gasteiger partial charge in [-0.15, -0.1) is 0 Å². The van der Waals surface area contributed by atoms with Crippen LogP contribution in [0.5, 0.6) is 0 Å². The molecule has 2 saturated heterocycles. The number of aliphatic hydroxyl groups excluding tert-OH is 1. The van der Waals surface area contributed by atoms with Crippen molar-refractivity contribution in [2.75, 3.05) is 39.3 Å². The Morgan fingerprint density at radius 3 is 2.22 bits per heavy atom. The summed E-state index contributed by atoms with van der Waals surface area (Å²) < 4.78 is 0. The van der Waals surface area contributed by atoms with E-state index in [1.54, 1.807) is 0 Å². The zero-order valence-corrected chi connectivity index (χ0v) is 14.4. The van der Waals surface area contributed by atoms with Crippen LogP contribution in [0.4, 0.5) is 0 Å². The van der Waals surface area contributed by atoms with Crippen LogP contribution in [-0.4, -0.2) is 60.3 Å². The molecule has 2 aliphatic heterocycles. The number of hydrogen-bond donors (Lipinski definition) is 1. The van der Waals surface area contributed by atoms with Gasteiger partial charge in [0, 0.05) is 19.6 Å². The van der Waals surface area contributed by atoms with Crippen molar-refractivity contribution in [1.29, 1.82) is 0 Å². The molecule has 0 amide bonds. The lowest BCUT2D eigenvalue weighted by Crippen LogP contribution is -2.42. The lowest BCUT2D eigenvalue weighted by atomic mass is 9.95. The van der Waals surface area contributed by atoms with Crippen molar-refractivity contribution < 1.29 is 5.11 Å². The van der Waals surface area contributed by atoms with Gasteiger partial charge in [0.25, 0.3) is 0 Å². The Balaban J connectivity index is 1.29. The zero-order chi connectivity index (χ0) is 15.9. The third-order valence-corrected chi connectivity index (χ3v) is 5.56. The number of benzene rings is 1. The van der Waals surface area contributed by atoms with Gasteiger partial charge < -0.3 is 14.9 Å². The van der Waals surface area contributed by atoms with Gasteiger partial charge in [-0.05, 0) is 69.6 Å². The van der Waals surface area contributed by atoms with Crippen molar-refractivity contribution in [3.63, 3.8) is 0 Å². The molecule has 0 atom stereocenters. The van der Waals surface area contributed by atoms with Gasteiger partial charge in [-0.1, -0.05) is 30.3 Å². The van der Waals surface area contributed by atoms with Gasteiger partial charge in [0.15, 0.2) is 0 Å².